The van der Waals surface area contributed by atoms with Crippen LogP contribution >= 0.6 is 0 Å². The number of pyridine rings is 1. The van der Waals surface area contributed by atoms with Gasteiger partial charge in [-0.1, -0.05) is 6.92 Å². The number of amides is 1. The lowest BCUT2D eigenvalue weighted by atomic mass is 10.2. The van der Waals surface area contributed by atoms with E-state index in [1.54, 1.807) is 12.3 Å². The minimum Gasteiger partial charge on any atom is -0.453 e. The summed E-state index contributed by atoms with van der Waals surface area (Å²) in [6.07, 6.45) is 2.63. The standard InChI is InChI=1S/C14H19N3O3/c1-3-13(18)12-5-4-11(8-15-12)17-7-6-10(9-17)16-14(19)20-2/h4-5,8,10H,3,6-7,9H2,1-2H3,(H,16,19). The molecule has 1 amide bonds. The molecule has 1 atom stereocenters. The van der Waals surface area contributed by atoms with Crippen molar-refractivity contribution in [3.63, 3.8) is 0 Å². The minimum absolute atomic E-state index is 0.0446. The van der Waals surface area contributed by atoms with Crippen molar-refractivity contribution in [3.05, 3.63) is 24.0 Å². The van der Waals surface area contributed by atoms with Gasteiger partial charge in [0.05, 0.1) is 25.0 Å². The van der Waals surface area contributed by atoms with E-state index in [-0.39, 0.29) is 11.8 Å². The summed E-state index contributed by atoms with van der Waals surface area (Å²) in [7, 11) is 1.36. The van der Waals surface area contributed by atoms with Gasteiger partial charge in [-0.3, -0.25) is 9.78 Å². The lowest BCUT2D eigenvalue weighted by Gasteiger charge is -2.18. The second-order valence-electron chi connectivity index (χ2n) is 4.75. The number of methoxy groups -OCH3 is 1. The van der Waals surface area contributed by atoms with Crippen molar-refractivity contribution in [1.29, 1.82) is 0 Å². The molecule has 1 aliphatic rings. The first-order valence-corrected chi connectivity index (χ1v) is 6.72. The zero-order valence-electron chi connectivity index (χ0n) is 11.8. The van der Waals surface area contributed by atoms with Crippen LogP contribution in [0.2, 0.25) is 0 Å². The van der Waals surface area contributed by atoms with Gasteiger partial charge in [0.15, 0.2) is 5.78 Å². The molecule has 20 heavy (non-hydrogen) atoms. The van der Waals surface area contributed by atoms with E-state index >= 15 is 0 Å². The quantitative estimate of drug-likeness (QED) is 0.847. The molecule has 0 spiro atoms. The van der Waals surface area contributed by atoms with Crippen LogP contribution in [0.15, 0.2) is 18.3 Å². The van der Waals surface area contributed by atoms with Crippen LogP contribution in [0, 0.1) is 0 Å². The van der Waals surface area contributed by atoms with E-state index in [0.29, 0.717) is 12.1 Å². The van der Waals surface area contributed by atoms with Gasteiger partial charge < -0.3 is 15.0 Å². The molecule has 0 bridgehead atoms. The molecule has 0 aromatic carbocycles. The third kappa shape index (κ3) is 3.26. The van der Waals surface area contributed by atoms with Gasteiger partial charge >= 0.3 is 6.09 Å². The number of aromatic nitrogens is 1. The van der Waals surface area contributed by atoms with Crippen molar-refractivity contribution in [1.82, 2.24) is 10.3 Å². The first-order valence-electron chi connectivity index (χ1n) is 6.72. The molecule has 1 aromatic rings. The maximum Gasteiger partial charge on any atom is 0.407 e. The lowest BCUT2D eigenvalue weighted by molar-refractivity contribution is 0.0983. The molecule has 6 heteroatoms. The Morgan fingerprint density at radius 2 is 2.30 bits per heavy atom. The number of nitrogens with one attached hydrogen (secondary N) is 1. The lowest BCUT2D eigenvalue weighted by Crippen LogP contribution is -2.36. The van der Waals surface area contributed by atoms with E-state index in [4.69, 9.17) is 0 Å². The smallest absolute Gasteiger partial charge is 0.407 e. The maximum absolute atomic E-state index is 11.5. The Bertz CT molecular complexity index is 487. The molecule has 0 aliphatic carbocycles. The van der Waals surface area contributed by atoms with Crippen LogP contribution in [0.5, 0.6) is 0 Å². The Kier molecular flexibility index (Phi) is 4.55. The van der Waals surface area contributed by atoms with E-state index < -0.39 is 6.09 Å². The molecule has 0 radical (unpaired) electrons. The zero-order valence-corrected chi connectivity index (χ0v) is 11.8. The summed E-state index contributed by atoms with van der Waals surface area (Å²) >= 11 is 0. The highest BCUT2D eigenvalue weighted by Crippen LogP contribution is 2.20. The fourth-order valence-corrected chi connectivity index (χ4v) is 2.26. The van der Waals surface area contributed by atoms with Crippen molar-refractivity contribution in [2.75, 3.05) is 25.1 Å². The number of nitrogens with zero attached hydrogens (tertiary/aromatic N) is 2. The summed E-state index contributed by atoms with van der Waals surface area (Å²) in [5, 5.41) is 2.79. The highest BCUT2D eigenvalue weighted by Gasteiger charge is 2.24. The number of ether oxygens (including phenoxy) is 1. The third-order valence-corrected chi connectivity index (χ3v) is 3.42. The van der Waals surface area contributed by atoms with Gasteiger partial charge in [-0.2, -0.15) is 0 Å². The molecule has 1 aliphatic heterocycles. The summed E-state index contributed by atoms with van der Waals surface area (Å²) < 4.78 is 4.59. The van der Waals surface area contributed by atoms with Gasteiger partial charge in [-0.25, -0.2) is 4.79 Å². The molecule has 1 unspecified atom stereocenters. The Labute approximate surface area is 118 Å². The Balaban J connectivity index is 1.96. The first-order chi connectivity index (χ1) is 9.63. The number of hydrogen-bond acceptors (Lipinski definition) is 5. The van der Waals surface area contributed by atoms with Gasteiger partial charge in [0, 0.05) is 19.5 Å². The molecular weight excluding hydrogens is 258 g/mol. The van der Waals surface area contributed by atoms with Crippen LogP contribution in [-0.2, 0) is 4.74 Å². The molecule has 2 rings (SSSR count). The summed E-state index contributed by atoms with van der Waals surface area (Å²) in [5.74, 6) is 0.0446. The summed E-state index contributed by atoms with van der Waals surface area (Å²) in [5.41, 5.74) is 1.46. The van der Waals surface area contributed by atoms with Crippen LogP contribution in [0.3, 0.4) is 0 Å². The van der Waals surface area contributed by atoms with Crippen LogP contribution in [-0.4, -0.2) is 43.1 Å². The number of carbonyl (C=O) groups excluding carboxylic acids is 2. The fraction of sp³-hybridized carbons (Fsp3) is 0.500. The second-order valence-corrected chi connectivity index (χ2v) is 4.75. The van der Waals surface area contributed by atoms with Gasteiger partial charge in [0.1, 0.15) is 5.69 Å². The van der Waals surface area contributed by atoms with Crippen LogP contribution < -0.4 is 10.2 Å². The molecule has 1 aromatic heterocycles. The highest BCUT2D eigenvalue weighted by atomic mass is 16.5. The fourth-order valence-electron chi connectivity index (χ4n) is 2.26. The Hall–Kier alpha value is -2.11. The highest BCUT2D eigenvalue weighted by molar-refractivity contribution is 5.94. The topological polar surface area (TPSA) is 71.5 Å². The molecule has 108 valence electrons. The molecule has 6 nitrogen and oxygen atoms in total. The first kappa shape index (κ1) is 14.3. The van der Waals surface area contributed by atoms with Crippen molar-refractivity contribution in [2.45, 2.75) is 25.8 Å². The Morgan fingerprint density at radius 3 is 2.90 bits per heavy atom. The molecule has 1 fully saturated rings. The molecule has 1 N–H and O–H groups in total. The van der Waals surface area contributed by atoms with Gasteiger partial charge in [0.25, 0.3) is 0 Å². The van der Waals surface area contributed by atoms with E-state index in [9.17, 15) is 9.59 Å². The summed E-state index contributed by atoms with van der Waals surface area (Å²) in [6, 6.07) is 3.73. The van der Waals surface area contributed by atoms with E-state index in [2.05, 4.69) is 19.9 Å². The number of Topliss-reactive ketones (excluding diaryl/α,β-unsaturated/α-hetero) is 1. The Morgan fingerprint density at radius 1 is 1.50 bits per heavy atom. The predicted molar refractivity (Wildman–Crippen MR) is 75.0 cm³/mol. The normalized spacial score (nSPS) is 17.9. The summed E-state index contributed by atoms with van der Waals surface area (Å²) in [6.45, 7) is 3.39. The predicted octanol–water partition coefficient (Wildman–Crippen LogP) is 1.61. The van der Waals surface area contributed by atoms with Crippen molar-refractivity contribution >= 4 is 17.6 Å². The van der Waals surface area contributed by atoms with Crippen LogP contribution in [0.25, 0.3) is 0 Å². The largest absolute Gasteiger partial charge is 0.453 e. The average Bonchev–Trinajstić information content (AvgIpc) is 2.95. The SMILES string of the molecule is CCC(=O)c1ccc(N2CCC(NC(=O)OC)C2)cn1. The van der Waals surface area contributed by atoms with E-state index in [0.717, 1.165) is 25.2 Å². The summed E-state index contributed by atoms with van der Waals surface area (Å²) in [4.78, 5) is 29.0. The van der Waals surface area contributed by atoms with Crippen LogP contribution in [0.4, 0.5) is 10.5 Å². The van der Waals surface area contributed by atoms with Crippen molar-refractivity contribution < 1.29 is 14.3 Å². The van der Waals surface area contributed by atoms with Crippen LogP contribution in [0.1, 0.15) is 30.3 Å². The monoisotopic (exact) mass is 277 g/mol. The number of anilines is 1. The van der Waals surface area contributed by atoms with Crippen molar-refractivity contribution in [3.8, 4) is 0 Å². The molecule has 2 heterocycles. The molecular formula is C14H19N3O3. The van der Waals surface area contributed by atoms with Crippen molar-refractivity contribution in [2.24, 2.45) is 0 Å². The number of ketones is 1. The number of carbonyl (C=O) groups is 2. The zero-order chi connectivity index (χ0) is 14.5. The number of hydrogen-bond donors (Lipinski definition) is 1. The minimum atomic E-state index is -0.404. The van der Waals surface area contributed by atoms with Gasteiger partial charge in [-0.15, -0.1) is 0 Å². The number of alkyl carbamates (subject to hydrolysis) is 1. The second kappa shape index (κ2) is 6.36. The van der Waals surface area contributed by atoms with Gasteiger partial charge in [-0.05, 0) is 18.6 Å². The molecule has 1 saturated heterocycles. The van der Waals surface area contributed by atoms with E-state index in [1.165, 1.54) is 7.11 Å². The molecule has 0 saturated carbocycles. The maximum atomic E-state index is 11.5. The van der Waals surface area contributed by atoms with Gasteiger partial charge in [0.2, 0.25) is 0 Å². The number of rotatable bonds is 4. The third-order valence-electron chi connectivity index (χ3n) is 3.42. The average molecular weight is 277 g/mol. The van der Waals surface area contributed by atoms with E-state index in [1.807, 2.05) is 13.0 Å².